The Morgan fingerprint density at radius 2 is 2.25 bits per heavy atom. The third kappa shape index (κ3) is 2.08. The predicted molar refractivity (Wildman–Crippen MR) is 44.4 cm³/mol. The van der Waals surface area contributed by atoms with E-state index < -0.39 is 5.82 Å². The van der Waals surface area contributed by atoms with Gasteiger partial charge in [-0.3, -0.25) is 4.79 Å². The van der Waals surface area contributed by atoms with Gasteiger partial charge >= 0.3 is 0 Å². The minimum atomic E-state index is -0.492. The molecule has 0 spiro atoms. The monoisotopic (exact) mass is 182 g/mol. The van der Waals surface area contributed by atoms with Gasteiger partial charge in [-0.05, 0) is 24.1 Å². The summed E-state index contributed by atoms with van der Waals surface area (Å²) in [6, 6.07) is 4.03. The van der Waals surface area contributed by atoms with Crippen LogP contribution in [0.1, 0.15) is 5.56 Å². The smallest absolute Gasteiger partial charge is 0.193 e. The Morgan fingerprint density at radius 1 is 1.50 bits per heavy atom. The SMILES string of the molecule is O=CC#Cc1ccc(F)c(Cl)c1. The molecule has 1 aromatic rings. The number of carbonyl (C=O) groups is 1. The van der Waals surface area contributed by atoms with Crippen molar-refractivity contribution in [3.63, 3.8) is 0 Å². The van der Waals surface area contributed by atoms with Crippen LogP contribution in [-0.4, -0.2) is 6.29 Å². The van der Waals surface area contributed by atoms with E-state index in [-0.39, 0.29) is 5.02 Å². The highest BCUT2D eigenvalue weighted by Crippen LogP contribution is 2.14. The number of carbonyl (C=O) groups excluding carboxylic acids is 1. The fraction of sp³-hybridized carbons (Fsp3) is 0. The molecule has 0 heterocycles. The van der Waals surface area contributed by atoms with Crippen LogP contribution in [0.2, 0.25) is 5.02 Å². The van der Waals surface area contributed by atoms with E-state index in [0.29, 0.717) is 11.8 Å². The molecule has 1 aromatic carbocycles. The van der Waals surface area contributed by atoms with Crippen molar-refractivity contribution >= 4 is 17.9 Å². The number of benzene rings is 1. The van der Waals surface area contributed by atoms with E-state index in [4.69, 9.17) is 11.6 Å². The van der Waals surface area contributed by atoms with Crippen molar-refractivity contribution in [2.75, 3.05) is 0 Å². The summed E-state index contributed by atoms with van der Waals surface area (Å²) in [7, 11) is 0. The molecule has 0 fully saturated rings. The molecule has 0 aliphatic carbocycles. The molecule has 0 atom stereocenters. The van der Waals surface area contributed by atoms with Gasteiger partial charge < -0.3 is 0 Å². The standard InChI is InChI=1S/C9H4ClFO/c10-8-6-7(2-1-5-12)3-4-9(8)11/h3-6H. The summed E-state index contributed by atoms with van der Waals surface area (Å²) < 4.78 is 12.6. The normalized spacial score (nSPS) is 8.50. The van der Waals surface area contributed by atoms with Crippen molar-refractivity contribution in [2.45, 2.75) is 0 Å². The molecule has 0 aromatic heterocycles. The summed E-state index contributed by atoms with van der Waals surface area (Å²) in [5.41, 5.74) is 0.522. The Kier molecular flexibility index (Phi) is 2.84. The average molecular weight is 183 g/mol. The van der Waals surface area contributed by atoms with Crippen LogP contribution < -0.4 is 0 Å². The lowest BCUT2D eigenvalue weighted by molar-refractivity contribution is -0.103. The zero-order valence-electron chi connectivity index (χ0n) is 5.97. The van der Waals surface area contributed by atoms with E-state index in [1.165, 1.54) is 18.2 Å². The van der Waals surface area contributed by atoms with Crippen LogP contribution in [0.3, 0.4) is 0 Å². The first-order valence-corrected chi connectivity index (χ1v) is 3.52. The van der Waals surface area contributed by atoms with E-state index in [9.17, 15) is 9.18 Å². The van der Waals surface area contributed by atoms with Crippen LogP contribution in [0, 0.1) is 17.7 Å². The molecule has 12 heavy (non-hydrogen) atoms. The second kappa shape index (κ2) is 3.89. The Labute approximate surface area is 74.2 Å². The molecule has 0 N–H and O–H groups in total. The van der Waals surface area contributed by atoms with E-state index >= 15 is 0 Å². The second-order valence-electron chi connectivity index (χ2n) is 2.02. The van der Waals surface area contributed by atoms with Crippen LogP contribution in [0.4, 0.5) is 4.39 Å². The summed E-state index contributed by atoms with van der Waals surface area (Å²) in [6.45, 7) is 0. The lowest BCUT2D eigenvalue weighted by Gasteiger charge is -1.92. The van der Waals surface area contributed by atoms with Gasteiger partial charge in [0.15, 0.2) is 6.29 Å². The summed E-state index contributed by atoms with van der Waals surface area (Å²) >= 11 is 5.46. The van der Waals surface area contributed by atoms with Gasteiger partial charge in [0, 0.05) is 5.56 Å². The number of aldehydes is 1. The van der Waals surface area contributed by atoms with Gasteiger partial charge in [0.1, 0.15) is 5.82 Å². The molecule has 60 valence electrons. The van der Waals surface area contributed by atoms with Gasteiger partial charge in [-0.15, -0.1) is 0 Å². The van der Waals surface area contributed by atoms with E-state index in [2.05, 4.69) is 11.8 Å². The third-order valence-electron chi connectivity index (χ3n) is 1.20. The van der Waals surface area contributed by atoms with Crippen molar-refractivity contribution in [2.24, 2.45) is 0 Å². The van der Waals surface area contributed by atoms with Crippen molar-refractivity contribution < 1.29 is 9.18 Å². The molecule has 0 aliphatic rings. The summed E-state index contributed by atoms with van der Waals surface area (Å²) in [5, 5.41) is 0.00713. The molecule has 0 radical (unpaired) electrons. The van der Waals surface area contributed by atoms with E-state index in [1.807, 2.05) is 0 Å². The zero-order chi connectivity index (χ0) is 8.97. The maximum absolute atomic E-state index is 12.6. The van der Waals surface area contributed by atoms with Crippen LogP contribution in [0.15, 0.2) is 18.2 Å². The fourth-order valence-corrected chi connectivity index (χ4v) is 0.867. The molecule has 0 saturated carbocycles. The molecular formula is C9H4ClFO. The average Bonchev–Trinajstić information content (AvgIpc) is 2.07. The Morgan fingerprint density at radius 3 is 2.83 bits per heavy atom. The van der Waals surface area contributed by atoms with Gasteiger partial charge in [-0.25, -0.2) is 4.39 Å². The predicted octanol–water partition coefficient (Wildman–Crippen LogP) is 2.03. The van der Waals surface area contributed by atoms with Crippen LogP contribution in [0.5, 0.6) is 0 Å². The highest BCUT2D eigenvalue weighted by atomic mass is 35.5. The molecule has 0 unspecified atom stereocenters. The fourth-order valence-electron chi connectivity index (χ4n) is 0.687. The van der Waals surface area contributed by atoms with Gasteiger partial charge in [-0.1, -0.05) is 17.5 Å². The van der Waals surface area contributed by atoms with Crippen molar-refractivity contribution in [3.05, 3.63) is 34.6 Å². The van der Waals surface area contributed by atoms with Crippen molar-refractivity contribution in [1.29, 1.82) is 0 Å². The minimum Gasteiger partial charge on any atom is -0.289 e. The quantitative estimate of drug-likeness (QED) is 0.443. The van der Waals surface area contributed by atoms with Gasteiger partial charge in [0.25, 0.3) is 0 Å². The number of rotatable bonds is 0. The molecule has 3 heteroatoms. The molecule has 0 bridgehead atoms. The maximum atomic E-state index is 12.6. The lowest BCUT2D eigenvalue weighted by atomic mass is 10.2. The Bertz CT molecular complexity index is 363. The van der Waals surface area contributed by atoms with Crippen LogP contribution in [-0.2, 0) is 4.79 Å². The van der Waals surface area contributed by atoms with Gasteiger partial charge in [0.2, 0.25) is 0 Å². The molecule has 0 amide bonds. The number of hydrogen-bond donors (Lipinski definition) is 0. The molecule has 1 rings (SSSR count). The zero-order valence-corrected chi connectivity index (χ0v) is 6.73. The lowest BCUT2D eigenvalue weighted by Crippen LogP contribution is -1.79. The van der Waals surface area contributed by atoms with Crippen molar-refractivity contribution in [1.82, 2.24) is 0 Å². The highest BCUT2D eigenvalue weighted by Gasteiger charge is 1.97. The minimum absolute atomic E-state index is 0.00713. The first kappa shape index (κ1) is 8.76. The number of halogens is 2. The summed E-state index contributed by atoms with van der Waals surface area (Å²) in [4.78, 5) is 9.85. The summed E-state index contributed by atoms with van der Waals surface area (Å²) in [5.74, 6) is 4.20. The third-order valence-corrected chi connectivity index (χ3v) is 1.48. The van der Waals surface area contributed by atoms with E-state index in [0.717, 1.165) is 0 Å². The van der Waals surface area contributed by atoms with Crippen LogP contribution in [0.25, 0.3) is 0 Å². The topological polar surface area (TPSA) is 17.1 Å². The Balaban J connectivity index is 3.04. The maximum Gasteiger partial charge on any atom is 0.193 e. The first-order valence-electron chi connectivity index (χ1n) is 3.14. The van der Waals surface area contributed by atoms with Gasteiger partial charge in [-0.2, -0.15) is 0 Å². The highest BCUT2D eigenvalue weighted by molar-refractivity contribution is 6.30. The van der Waals surface area contributed by atoms with Crippen molar-refractivity contribution in [3.8, 4) is 11.8 Å². The largest absolute Gasteiger partial charge is 0.289 e. The first-order chi connectivity index (χ1) is 5.74. The molecule has 1 nitrogen and oxygen atoms in total. The van der Waals surface area contributed by atoms with Gasteiger partial charge in [0.05, 0.1) is 5.02 Å². The number of hydrogen-bond acceptors (Lipinski definition) is 1. The molecule has 0 aliphatic heterocycles. The Hall–Kier alpha value is -1.33. The second-order valence-corrected chi connectivity index (χ2v) is 2.42. The van der Waals surface area contributed by atoms with Crippen LogP contribution >= 0.6 is 11.6 Å². The summed E-state index contributed by atoms with van der Waals surface area (Å²) in [6.07, 6.45) is 0.470. The van der Waals surface area contributed by atoms with E-state index in [1.54, 1.807) is 0 Å². The molecular weight excluding hydrogens is 179 g/mol. The molecule has 0 saturated heterocycles.